The smallest absolute Gasteiger partial charge is 0.244 e. The van der Waals surface area contributed by atoms with Gasteiger partial charge in [-0.1, -0.05) is 44.2 Å². The maximum atomic E-state index is 13.3. The highest BCUT2D eigenvalue weighted by molar-refractivity contribution is 7.92. The van der Waals surface area contributed by atoms with Crippen molar-refractivity contribution < 1.29 is 22.4 Å². The topological polar surface area (TPSA) is 86.8 Å². The van der Waals surface area contributed by atoms with Gasteiger partial charge in [0.25, 0.3) is 0 Å². The summed E-state index contributed by atoms with van der Waals surface area (Å²) in [5, 5.41) is 2.82. The van der Waals surface area contributed by atoms with Gasteiger partial charge in [0, 0.05) is 13.1 Å². The number of hydrogen-bond acceptors (Lipinski definition) is 4. The van der Waals surface area contributed by atoms with E-state index in [0.29, 0.717) is 6.54 Å². The van der Waals surface area contributed by atoms with Crippen LogP contribution in [0.3, 0.4) is 0 Å². The third-order valence-electron chi connectivity index (χ3n) is 4.84. The maximum Gasteiger partial charge on any atom is 0.244 e. The second-order valence-electron chi connectivity index (χ2n) is 8.07. The minimum absolute atomic E-state index is 0.136. The van der Waals surface area contributed by atoms with E-state index in [1.807, 2.05) is 44.2 Å². The van der Waals surface area contributed by atoms with Gasteiger partial charge in [0.1, 0.15) is 18.4 Å². The molecular formula is C23H30FN3O4S. The molecular weight excluding hydrogens is 433 g/mol. The van der Waals surface area contributed by atoms with Gasteiger partial charge in [-0.2, -0.15) is 0 Å². The SMILES string of the molecule is CC(C)CNC(=O)[C@@H](C)N(Cc1ccccc1)C(=O)CN(c1ccc(F)cc1)S(C)(=O)=O. The Hall–Kier alpha value is -2.94. The van der Waals surface area contributed by atoms with E-state index in [1.165, 1.54) is 17.0 Å². The maximum absolute atomic E-state index is 13.3. The summed E-state index contributed by atoms with van der Waals surface area (Å²) in [5.41, 5.74) is 0.968. The fourth-order valence-electron chi connectivity index (χ4n) is 3.04. The van der Waals surface area contributed by atoms with E-state index in [0.717, 1.165) is 28.3 Å². The number of rotatable bonds is 10. The Bertz CT molecular complexity index is 1010. The molecule has 0 fully saturated rings. The third kappa shape index (κ3) is 7.33. The van der Waals surface area contributed by atoms with Crippen molar-refractivity contribution in [1.82, 2.24) is 10.2 Å². The van der Waals surface area contributed by atoms with Gasteiger partial charge in [-0.3, -0.25) is 13.9 Å². The first-order valence-corrected chi connectivity index (χ1v) is 12.2. The van der Waals surface area contributed by atoms with Crippen molar-refractivity contribution in [2.24, 2.45) is 5.92 Å². The number of anilines is 1. The number of amides is 2. The van der Waals surface area contributed by atoms with Crippen LogP contribution in [0.1, 0.15) is 26.3 Å². The zero-order valence-corrected chi connectivity index (χ0v) is 19.6. The summed E-state index contributed by atoms with van der Waals surface area (Å²) < 4.78 is 39.0. The number of benzene rings is 2. The molecule has 0 aliphatic carbocycles. The molecule has 0 heterocycles. The van der Waals surface area contributed by atoms with Crippen LogP contribution < -0.4 is 9.62 Å². The number of carbonyl (C=O) groups excluding carboxylic acids is 2. The van der Waals surface area contributed by atoms with Crippen molar-refractivity contribution in [3.05, 3.63) is 66.0 Å². The van der Waals surface area contributed by atoms with E-state index in [-0.39, 0.29) is 24.1 Å². The van der Waals surface area contributed by atoms with Crippen molar-refractivity contribution in [3.63, 3.8) is 0 Å². The Morgan fingerprint density at radius 3 is 2.12 bits per heavy atom. The van der Waals surface area contributed by atoms with E-state index in [1.54, 1.807) is 6.92 Å². The van der Waals surface area contributed by atoms with Crippen LogP contribution in [-0.4, -0.2) is 50.5 Å². The molecule has 0 saturated carbocycles. The van der Waals surface area contributed by atoms with Crippen LogP contribution in [0.5, 0.6) is 0 Å². The van der Waals surface area contributed by atoms with Crippen LogP contribution in [0, 0.1) is 11.7 Å². The first-order valence-electron chi connectivity index (χ1n) is 10.3. The average Bonchev–Trinajstić information content (AvgIpc) is 2.74. The summed E-state index contributed by atoms with van der Waals surface area (Å²) in [5.74, 6) is -1.15. The second kappa shape index (κ2) is 11.1. The van der Waals surface area contributed by atoms with Gasteiger partial charge in [-0.25, -0.2) is 12.8 Å². The molecule has 0 aliphatic heterocycles. The summed E-state index contributed by atoms with van der Waals surface area (Å²) in [6.07, 6.45) is 0.976. The molecule has 1 N–H and O–H groups in total. The van der Waals surface area contributed by atoms with Gasteiger partial charge in [0.15, 0.2) is 0 Å². The highest BCUT2D eigenvalue weighted by Crippen LogP contribution is 2.19. The number of nitrogens with one attached hydrogen (secondary N) is 1. The van der Waals surface area contributed by atoms with Gasteiger partial charge < -0.3 is 10.2 Å². The number of halogens is 1. The van der Waals surface area contributed by atoms with Crippen LogP contribution in [0.2, 0.25) is 0 Å². The molecule has 0 radical (unpaired) electrons. The van der Waals surface area contributed by atoms with Crippen LogP contribution in [0.25, 0.3) is 0 Å². The number of hydrogen-bond donors (Lipinski definition) is 1. The van der Waals surface area contributed by atoms with Crippen molar-refractivity contribution >= 4 is 27.5 Å². The van der Waals surface area contributed by atoms with Crippen LogP contribution in [0.4, 0.5) is 10.1 Å². The second-order valence-corrected chi connectivity index (χ2v) is 9.98. The van der Waals surface area contributed by atoms with E-state index in [9.17, 15) is 22.4 Å². The quantitative estimate of drug-likeness (QED) is 0.587. The summed E-state index contributed by atoms with van der Waals surface area (Å²) >= 11 is 0. The Morgan fingerprint density at radius 2 is 1.59 bits per heavy atom. The van der Waals surface area contributed by atoms with Crippen molar-refractivity contribution in [2.75, 3.05) is 23.7 Å². The summed E-state index contributed by atoms with van der Waals surface area (Å²) in [4.78, 5) is 27.3. The Morgan fingerprint density at radius 1 is 1.00 bits per heavy atom. The molecule has 0 aliphatic rings. The third-order valence-corrected chi connectivity index (χ3v) is 5.98. The minimum atomic E-state index is -3.84. The van der Waals surface area contributed by atoms with Crippen LogP contribution in [0.15, 0.2) is 54.6 Å². The Labute approximate surface area is 189 Å². The summed E-state index contributed by atoms with van der Waals surface area (Å²) in [6, 6.07) is 13.2. The normalized spacial score (nSPS) is 12.3. The molecule has 0 aromatic heterocycles. The Kier molecular flexibility index (Phi) is 8.77. The van der Waals surface area contributed by atoms with Crippen molar-refractivity contribution in [1.29, 1.82) is 0 Å². The largest absolute Gasteiger partial charge is 0.354 e. The van der Waals surface area contributed by atoms with Crippen LogP contribution >= 0.6 is 0 Å². The lowest BCUT2D eigenvalue weighted by molar-refractivity contribution is -0.139. The molecule has 0 unspecified atom stereocenters. The zero-order valence-electron chi connectivity index (χ0n) is 18.8. The predicted molar refractivity (Wildman–Crippen MR) is 123 cm³/mol. The molecule has 174 valence electrons. The summed E-state index contributed by atoms with van der Waals surface area (Å²) in [6.45, 7) is 5.62. The summed E-state index contributed by atoms with van der Waals surface area (Å²) in [7, 11) is -3.84. The number of carbonyl (C=O) groups is 2. The van der Waals surface area contributed by atoms with E-state index < -0.39 is 34.3 Å². The van der Waals surface area contributed by atoms with Crippen molar-refractivity contribution in [3.8, 4) is 0 Å². The fraction of sp³-hybridized carbons (Fsp3) is 0.391. The minimum Gasteiger partial charge on any atom is -0.354 e. The monoisotopic (exact) mass is 463 g/mol. The molecule has 2 amide bonds. The first kappa shape index (κ1) is 25.3. The standard InChI is InChI=1S/C23H30FN3O4S/c1-17(2)14-25-23(29)18(3)26(15-19-8-6-5-7-9-19)22(28)16-27(32(4,30)31)21-12-10-20(24)11-13-21/h5-13,17-18H,14-16H2,1-4H3,(H,25,29)/t18-/m1/s1. The van der Waals surface area contributed by atoms with Gasteiger partial charge in [-0.05, 0) is 42.7 Å². The lowest BCUT2D eigenvalue weighted by Gasteiger charge is -2.31. The van der Waals surface area contributed by atoms with E-state index in [2.05, 4.69) is 5.32 Å². The number of nitrogens with zero attached hydrogens (tertiary/aromatic N) is 2. The van der Waals surface area contributed by atoms with Crippen LogP contribution in [-0.2, 0) is 26.2 Å². The van der Waals surface area contributed by atoms with E-state index in [4.69, 9.17) is 0 Å². The molecule has 0 bridgehead atoms. The molecule has 0 saturated heterocycles. The molecule has 1 atom stereocenters. The fourth-order valence-corrected chi connectivity index (χ4v) is 3.89. The van der Waals surface area contributed by atoms with Crippen molar-refractivity contribution in [2.45, 2.75) is 33.4 Å². The number of sulfonamides is 1. The predicted octanol–water partition coefficient (Wildman–Crippen LogP) is 2.78. The van der Waals surface area contributed by atoms with Gasteiger partial charge in [-0.15, -0.1) is 0 Å². The lowest BCUT2D eigenvalue weighted by atomic mass is 10.1. The van der Waals surface area contributed by atoms with Gasteiger partial charge in [0.2, 0.25) is 21.8 Å². The van der Waals surface area contributed by atoms with E-state index >= 15 is 0 Å². The molecule has 32 heavy (non-hydrogen) atoms. The zero-order chi connectivity index (χ0) is 23.9. The first-order chi connectivity index (χ1) is 15.0. The molecule has 7 nitrogen and oxygen atoms in total. The molecule has 2 aromatic rings. The van der Waals surface area contributed by atoms with Gasteiger partial charge >= 0.3 is 0 Å². The molecule has 2 aromatic carbocycles. The van der Waals surface area contributed by atoms with Gasteiger partial charge in [0.05, 0.1) is 11.9 Å². The molecule has 0 spiro atoms. The lowest BCUT2D eigenvalue weighted by Crippen LogP contribution is -2.51. The highest BCUT2D eigenvalue weighted by atomic mass is 32.2. The molecule has 2 rings (SSSR count). The average molecular weight is 464 g/mol. The molecule has 9 heteroatoms. The Balaban J connectivity index is 2.32. The highest BCUT2D eigenvalue weighted by Gasteiger charge is 2.30.